The summed E-state index contributed by atoms with van der Waals surface area (Å²) < 4.78 is 10.4. The van der Waals surface area contributed by atoms with Gasteiger partial charge in [0.1, 0.15) is 11.5 Å². The Bertz CT molecular complexity index is 865. The highest BCUT2D eigenvalue weighted by Gasteiger charge is 2.22. The van der Waals surface area contributed by atoms with E-state index in [0.717, 1.165) is 22.6 Å². The minimum absolute atomic E-state index is 0. The van der Waals surface area contributed by atoms with Gasteiger partial charge in [-0.1, -0.05) is 42.5 Å². The van der Waals surface area contributed by atoms with E-state index in [-0.39, 0.29) is 18.2 Å². The molecule has 0 aliphatic carbocycles. The number of ether oxygens (including phenoxy) is 2. The Morgan fingerprint density at radius 1 is 0.821 bits per heavy atom. The lowest BCUT2D eigenvalue weighted by Crippen LogP contribution is -2.28. The third-order valence-electron chi connectivity index (χ3n) is 4.44. The van der Waals surface area contributed by atoms with Crippen molar-refractivity contribution in [2.75, 3.05) is 14.2 Å². The molecule has 0 spiro atoms. The van der Waals surface area contributed by atoms with Gasteiger partial charge in [-0.3, -0.25) is 10.1 Å². The molecule has 3 rings (SSSR count). The van der Waals surface area contributed by atoms with Crippen molar-refractivity contribution in [3.8, 4) is 11.5 Å². The number of hydrogen-bond donors (Lipinski definition) is 1. The van der Waals surface area contributed by atoms with Crippen molar-refractivity contribution in [3.05, 3.63) is 95.6 Å². The monoisotopic (exact) mass is 397 g/mol. The summed E-state index contributed by atoms with van der Waals surface area (Å²) >= 11 is 0. The number of carbonyl (C=O) groups is 1. The van der Waals surface area contributed by atoms with E-state index in [0.29, 0.717) is 12.1 Å². The lowest BCUT2D eigenvalue weighted by atomic mass is 9.97. The van der Waals surface area contributed by atoms with E-state index in [1.807, 2.05) is 54.6 Å². The summed E-state index contributed by atoms with van der Waals surface area (Å²) in [7, 11) is 3.24. The van der Waals surface area contributed by atoms with Gasteiger partial charge < -0.3 is 9.47 Å². The molecule has 0 aliphatic rings. The van der Waals surface area contributed by atoms with E-state index in [9.17, 15) is 4.79 Å². The third kappa shape index (κ3) is 5.35. The molecule has 0 amide bonds. The minimum Gasteiger partial charge on any atom is -0.497 e. The first kappa shape index (κ1) is 21.5. The average Bonchev–Trinajstić information content (AvgIpc) is 2.75. The van der Waals surface area contributed by atoms with Crippen molar-refractivity contribution in [2.45, 2.75) is 12.6 Å². The standard InChI is InChI=1S/C23H23NO3.ClH/c1-26-20-12-8-18(9-13-20)22(24-16-17-6-4-3-5-7-17)23(25)19-10-14-21(27-2)15-11-19;/h3-15,22,24H,16H2,1-2H3;1H. The molecule has 0 radical (unpaired) electrons. The summed E-state index contributed by atoms with van der Waals surface area (Å²) in [6.45, 7) is 0.597. The maximum absolute atomic E-state index is 13.2. The Kier molecular flexibility index (Phi) is 8.05. The van der Waals surface area contributed by atoms with Crippen molar-refractivity contribution >= 4 is 18.2 Å². The number of benzene rings is 3. The van der Waals surface area contributed by atoms with Crippen LogP contribution >= 0.6 is 12.4 Å². The number of hydrogen-bond acceptors (Lipinski definition) is 4. The summed E-state index contributed by atoms with van der Waals surface area (Å²) in [4.78, 5) is 13.2. The topological polar surface area (TPSA) is 47.6 Å². The van der Waals surface area contributed by atoms with Gasteiger partial charge in [-0.15, -0.1) is 12.4 Å². The first-order chi connectivity index (χ1) is 13.2. The molecular weight excluding hydrogens is 374 g/mol. The quantitative estimate of drug-likeness (QED) is 0.552. The normalized spacial score (nSPS) is 11.2. The van der Waals surface area contributed by atoms with Crippen molar-refractivity contribution in [1.29, 1.82) is 0 Å². The third-order valence-corrected chi connectivity index (χ3v) is 4.44. The Hall–Kier alpha value is -2.82. The first-order valence-electron chi connectivity index (χ1n) is 8.81. The van der Waals surface area contributed by atoms with Crippen LogP contribution in [-0.2, 0) is 6.54 Å². The lowest BCUT2D eigenvalue weighted by molar-refractivity contribution is 0.0942. The molecule has 0 fully saturated rings. The predicted molar refractivity (Wildman–Crippen MR) is 114 cm³/mol. The Balaban J connectivity index is 0.00000280. The fraction of sp³-hybridized carbons (Fsp3) is 0.174. The van der Waals surface area contributed by atoms with Gasteiger partial charge in [0.05, 0.1) is 20.3 Å². The Morgan fingerprint density at radius 3 is 1.89 bits per heavy atom. The van der Waals surface area contributed by atoms with Crippen LogP contribution in [0.25, 0.3) is 0 Å². The van der Waals surface area contributed by atoms with Crippen LogP contribution < -0.4 is 14.8 Å². The van der Waals surface area contributed by atoms with Crippen LogP contribution in [0.2, 0.25) is 0 Å². The van der Waals surface area contributed by atoms with Crippen LogP contribution in [0.4, 0.5) is 0 Å². The second-order valence-electron chi connectivity index (χ2n) is 6.17. The van der Waals surface area contributed by atoms with Gasteiger partial charge in [-0.05, 0) is 47.5 Å². The number of halogens is 1. The van der Waals surface area contributed by atoms with Crippen molar-refractivity contribution in [3.63, 3.8) is 0 Å². The molecule has 4 nitrogen and oxygen atoms in total. The molecule has 1 N–H and O–H groups in total. The van der Waals surface area contributed by atoms with E-state index in [4.69, 9.17) is 9.47 Å². The molecule has 0 bridgehead atoms. The van der Waals surface area contributed by atoms with Crippen LogP contribution in [0, 0.1) is 0 Å². The Morgan fingerprint density at radius 2 is 1.36 bits per heavy atom. The molecule has 3 aromatic rings. The summed E-state index contributed by atoms with van der Waals surface area (Å²) in [5, 5.41) is 3.40. The number of ketones is 1. The molecule has 0 aromatic heterocycles. The number of carbonyl (C=O) groups excluding carboxylic acids is 1. The number of methoxy groups -OCH3 is 2. The molecule has 0 saturated heterocycles. The van der Waals surface area contributed by atoms with E-state index in [1.54, 1.807) is 38.5 Å². The fourth-order valence-electron chi connectivity index (χ4n) is 2.90. The zero-order chi connectivity index (χ0) is 19.1. The molecule has 1 unspecified atom stereocenters. The van der Waals surface area contributed by atoms with Crippen LogP contribution in [0.3, 0.4) is 0 Å². The molecule has 0 heterocycles. The predicted octanol–water partition coefficient (Wildman–Crippen LogP) is 4.84. The number of Topliss-reactive ketones (excluding diaryl/α,β-unsaturated/α-hetero) is 1. The highest BCUT2D eigenvalue weighted by molar-refractivity contribution is 6.00. The maximum atomic E-state index is 13.2. The van der Waals surface area contributed by atoms with Crippen molar-refractivity contribution in [2.24, 2.45) is 0 Å². The van der Waals surface area contributed by atoms with E-state index < -0.39 is 6.04 Å². The molecule has 5 heteroatoms. The highest BCUT2D eigenvalue weighted by atomic mass is 35.5. The van der Waals surface area contributed by atoms with E-state index in [1.165, 1.54) is 0 Å². The summed E-state index contributed by atoms with van der Waals surface area (Å²) in [5.74, 6) is 1.50. The SMILES string of the molecule is COc1ccc(C(=O)C(NCc2ccccc2)c2ccc(OC)cc2)cc1.Cl. The van der Waals surface area contributed by atoms with Crippen LogP contribution in [0.1, 0.15) is 27.5 Å². The van der Waals surface area contributed by atoms with Gasteiger partial charge in [0.25, 0.3) is 0 Å². The molecule has 0 aliphatic heterocycles. The number of rotatable bonds is 8. The lowest BCUT2D eigenvalue weighted by Gasteiger charge is -2.19. The largest absolute Gasteiger partial charge is 0.497 e. The maximum Gasteiger partial charge on any atom is 0.184 e. The molecule has 0 saturated carbocycles. The van der Waals surface area contributed by atoms with Gasteiger partial charge in [-0.25, -0.2) is 0 Å². The van der Waals surface area contributed by atoms with Crippen molar-refractivity contribution in [1.82, 2.24) is 5.32 Å². The highest BCUT2D eigenvalue weighted by Crippen LogP contribution is 2.23. The molecule has 146 valence electrons. The van der Waals surface area contributed by atoms with Gasteiger partial charge in [0.2, 0.25) is 0 Å². The van der Waals surface area contributed by atoms with Crippen LogP contribution in [0.5, 0.6) is 11.5 Å². The zero-order valence-corrected chi connectivity index (χ0v) is 16.7. The minimum atomic E-state index is -0.454. The van der Waals surface area contributed by atoms with Crippen LogP contribution in [0.15, 0.2) is 78.9 Å². The summed E-state index contributed by atoms with van der Waals surface area (Å²) in [6, 6.07) is 24.3. The first-order valence-corrected chi connectivity index (χ1v) is 8.81. The van der Waals surface area contributed by atoms with Gasteiger partial charge in [0, 0.05) is 12.1 Å². The Labute approximate surface area is 171 Å². The fourth-order valence-corrected chi connectivity index (χ4v) is 2.90. The van der Waals surface area contributed by atoms with Gasteiger partial charge >= 0.3 is 0 Å². The smallest absolute Gasteiger partial charge is 0.184 e. The van der Waals surface area contributed by atoms with E-state index >= 15 is 0 Å². The van der Waals surface area contributed by atoms with Gasteiger partial charge in [0.15, 0.2) is 5.78 Å². The van der Waals surface area contributed by atoms with Crippen LogP contribution in [-0.4, -0.2) is 20.0 Å². The molecule has 28 heavy (non-hydrogen) atoms. The zero-order valence-electron chi connectivity index (χ0n) is 15.9. The molecular formula is C23H24ClNO3. The van der Waals surface area contributed by atoms with Crippen molar-refractivity contribution < 1.29 is 14.3 Å². The molecule has 1 atom stereocenters. The summed E-state index contributed by atoms with van der Waals surface area (Å²) in [5.41, 5.74) is 2.66. The molecule has 3 aromatic carbocycles. The average molecular weight is 398 g/mol. The second-order valence-corrected chi connectivity index (χ2v) is 6.17. The number of nitrogens with one attached hydrogen (secondary N) is 1. The van der Waals surface area contributed by atoms with E-state index in [2.05, 4.69) is 5.32 Å². The summed E-state index contributed by atoms with van der Waals surface area (Å²) in [6.07, 6.45) is 0. The second kappa shape index (κ2) is 10.5. The van der Waals surface area contributed by atoms with Gasteiger partial charge in [-0.2, -0.15) is 0 Å².